The fourth-order valence-electron chi connectivity index (χ4n) is 2.05. The van der Waals surface area contributed by atoms with Gasteiger partial charge in [0.2, 0.25) is 6.54 Å². The normalized spacial score (nSPS) is 24.2. The molecule has 1 saturated carbocycles. The predicted octanol–water partition coefficient (Wildman–Crippen LogP) is 2.20. The zero-order chi connectivity index (χ0) is 12.3. The summed E-state index contributed by atoms with van der Waals surface area (Å²) in [5.74, 6) is -3.84. The first-order chi connectivity index (χ1) is 7.32. The minimum Gasteiger partial charge on any atom is -0.299 e. The molecule has 4 nitrogen and oxygen atoms in total. The lowest BCUT2D eigenvalue weighted by Crippen LogP contribution is -2.40. The van der Waals surface area contributed by atoms with Crippen LogP contribution in [-0.4, -0.2) is 23.4 Å². The van der Waals surface area contributed by atoms with Gasteiger partial charge in [-0.2, -0.15) is 13.2 Å². The molecule has 0 saturated heterocycles. The molecule has 92 valence electrons. The highest BCUT2D eigenvalue weighted by atomic mass is 19.4. The van der Waals surface area contributed by atoms with Crippen LogP contribution in [0.3, 0.4) is 0 Å². The van der Waals surface area contributed by atoms with Crippen LogP contribution in [0.25, 0.3) is 0 Å². The van der Waals surface area contributed by atoms with Gasteiger partial charge in [0.1, 0.15) is 11.7 Å². The van der Waals surface area contributed by atoms with Crippen molar-refractivity contribution in [2.24, 2.45) is 11.8 Å². The van der Waals surface area contributed by atoms with E-state index in [-0.39, 0.29) is 12.8 Å². The van der Waals surface area contributed by atoms with Crippen LogP contribution in [0.1, 0.15) is 25.7 Å². The molecule has 0 aromatic rings. The molecule has 0 bridgehead atoms. The zero-order valence-electron chi connectivity index (χ0n) is 8.50. The second-order valence-corrected chi connectivity index (χ2v) is 3.98. The summed E-state index contributed by atoms with van der Waals surface area (Å²) < 4.78 is 37.7. The van der Waals surface area contributed by atoms with Gasteiger partial charge in [0.05, 0.1) is 0 Å². The van der Waals surface area contributed by atoms with Crippen molar-refractivity contribution in [1.29, 1.82) is 0 Å². The van der Waals surface area contributed by atoms with Gasteiger partial charge < -0.3 is 0 Å². The quantitative estimate of drug-likeness (QED) is 0.560. The van der Waals surface area contributed by atoms with Gasteiger partial charge in [-0.25, -0.2) is 0 Å². The first-order valence-corrected chi connectivity index (χ1v) is 5.03. The van der Waals surface area contributed by atoms with Crippen molar-refractivity contribution >= 4 is 5.78 Å². The minimum atomic E-state index is -4.68. The number of hydrogen-bond donors (Lipinski definition) is 0. The lowest BCUT2D eigenvalue weighted by Gasteiger charge is -2.27. The van der Waals surface area contributed by atoms with Gasteiger partial charge in [0.25, 0.3) is 0 Å². The van der Waals surface area contributed by atoms with E-state index < -0.39 is 35.3 Å². The van der Waals surface area contributed by atoms with Crippen molar-refractivity contribution in [2.75, 3.05) is 6.54 Å². The van der Waals surface area contributed by atoms with Crippen molar-refractivity contribution in [2.45, 2.75) is 31.9 Å². The van der Waals surface area contributed by atoms with Crippen molar-refractivity contribution in [3.63, 3.8) is 0 Å². The van der Waals surface area contributed by atoms with E-state index in [9.17, 15) is 28.1 Å². The van der Waals surface area contributed by atoms with E-state index in [1.165, 1.54) is 0 Å². The Balaban J connectivity index is 2.82. The molecular formula is C9H12F3NO3. The van der Waals surface area contributed by atoms with Crippen LogP contribution in [0.2, 0.25) is 0 Å². The third kappa shape index (κ3) is 3.18. The largest absolute Gasteiger partial charge is 0.398 e. The summed E-state index contributed by atoms with van der Waals surface area (Å²) in [6.07, 6.45) is -3.35. The topological polar surface area (TPSA) is 60.2 Å². The Kier molecular flexibility index (Phi) is 3.88. The smallest absolute Gasteiger partial charge is 0.299 e. The number of carbonyl (C=O) groups is 1. The monoisotopic (exact) mass is 239 g/mol. The van der Waals surface area contributed by atoms with Gasteiger partial charge >= 0.3 is 6.18 Å². The standard InChI is InChI=1S/C9H12F3NO3/c10-9(11,12)7(5-13(15)16)6-3-1-2-4-8(6)14/h6-7H,1-5H2/t6-,7+/m1/s1. The van der Waals surface area contributed by atoms with Crippen LogP contribution in [0, 0.1) is 22.0 Å². The Morgan fingerprint density at radius 3 is 2.50 bits per heavy atom. The minimum absolute atomic E-state index is 0.106. The van der Waals surface area contributed by atoms with Crippen molar-refractivity contribution in [3.8, 4) is 0 Å². The van der Waals surface area contributed by atoms with Crippen LogP contribution in [0.5, 0.6) is 0 Å². The molecule has 16 heavy (non-hydrogen) atoms. The average molecular weight is 239 g/mol. The molecule has 0 heterocycles. The fourth-order valence-corrected chi connectivity index (χ4v) is 2.05. The molecule has 1 fully saturated rings. The number of Topliss-reactive ketones (excluding diaryl/α,β-unsaturated/α-hetero) is 1. The molecule has 1 aliphatic carbocycles. The van der Waals surface area contributed by atoms with Crippen LogP contribution in [0.15, 0.2) is 0 Å². The molecule has 0 N–H and O–H groups in total. The highest BCUT2D eigenvalue weighted by Gasteiger charge is 2.50. The van der Waals surface area contributed by atoms with Gasteiger partial charge in [-0.15, -0.1) is 0 Å². The second-order valence-electron chi connectivity index (χ2n) is 3.98. The summed E-state index contributed by atoms with van der Waals surface area (Å²) in [7, 11) is 0. The highest BCUT2D eigenvalue weighted by Crippen LogP contribution is 2.37. The number of halogens is 3. The number of hydrogen-bond acceptors (Lipinski definition) is 3. The molecule has 0 aliphatic heterocycles. The maximum absolute atomic E-state index is 12.6. The Labute approximate surface area is 90.0 Å². The number of ketones is 1. The number of rotatable bonds is 3. The van der Waals surface area contributed by atoms with Crippen LogP contribution < -0.4 is 0 Å². The molecule has 1 rings (SSSR count). The summed E-state index contributed by atoms with van der Waals surface area (Å²) >= 11 is 0. The Morgan fingerprint density at radius 2 is 2.06 bits per heavy atom. The average Bonchev–Trinajstić information content (AvgIpc) is 2.13. The predicted molar refractivity (Wildman–Crippen MR) is 48.4 cm³/mol. The first-order valence-electron chi connectivity index (χ1n) is 5.03. The molecule has 7 heteroatoms. The second kappa shape index (κ2) is 4.80. The van der Waals surface area contributed by atoms with Crippen molar-refractivity contribution in [3.05, 3.63) is 10.1 Å². The summed E-state index contributed by atoms with van der Waals surface area (Å²) in [4.78, 5) is 20.5. The molecule has 0 unspecified atom stereocenters. The van der Waals surface area contributed by atoms with Gasteiger partial charge in [0.15, 0.2) is 0 Å². The van der Waals surface area contributed by atoms with E-state index >= 15 is 0 Å². The lowest BCUT2D eigenvalue weighted by atomic mass is 9.78. The third-order valence-corrected chi connectivity index (χ3v) is 2.85. The van der Waals surface area contributed by atoms with Crippen LogP contribution >= 0.6 is 0 Å². The Hall–Kier alpha value is -1.14. The number of carbonyl (C=O) groups excluding carboxylic acids is 1. The molecule has 0 amide bonds. The molecule has 0 aromatic carbocycles. The fraction of sp³-hybridized carbons (Fsp3) is 0.889. The number of nitro groups is 1. The van der Waals surface area contributed by atoms with Crippen LogP contribution in [-0.2, 0) is 4.79 Å². The highest BCUT2D eigenvalue weighted by molar-refractivity contribution is 5.82. The summed E-state index contributed by atoms with van der Waals surface area (Å²) in [6.45, 7) is -1.21. The first kappa shape index (κ1) is 12.9. The van der Waals surface area contributed by atoms with E-state index in [0.717, 1.165) is 0 Å². The van der Waals surface area contributed by atoms with E-state index in [0.29, 0.717) is 12.8 Å². The lowest BCUT2D eigenvalue weighted by molar-refractivity contribution is -0.499. The maximum Gasteiger partial charge on any atom is 0.398 e. The molecule has 1 aliphatic rings. The summed E-state index contributed by atoms with van der Waals surface area (Å²) in [5.41, 5.74) is 0. The van der Waals surface area contributed by atoms with Gasteiger partial charge in [0, 0.05) is 17.3 Å². The Bertz CT molecular complexity index is 290. The van der Waals surface area contributed by atoms with Crippen molar-refractivity contribution in [1.82, 2.24) is 0 Å². The zero-order valence-corrected chi connectivity index (χ0v) is 8.50. The van der Waals surface area contributed by atoms with E-state index in [2.05, 4.69) is 0 Å². The van der Waals surface area contributed by atoms with E-state index in [1.807, 2.05) is 0 Å². The van der Waals surface area contributed by atoms with Crippen molar-refractivity contribution < 1.29 is 22.9 Å². The molecule has 2 atom stereocenters. The van der Waals surface area contributed by atoms with Gasteiger partial charge in [-0.05, 0) is 12.8 Å². The Morgan fingerprint density at radius 1 is 1.44 bits per heavy atom. The molecule has 0 radical (unpaired) electrons. The molecule has 0 aromatic heterocycles. The SMILES string of the molecule is O=C1CCCC[C@@H]1[C@H](C[N+](=O)[O-])C(F)(F)F. The molecular weight excluding hydrogens is 227 g/mol. The number of alkyl halides is 3. The van der Waals surface area contributed by atoms with E-state index in [4.69, 9.17) is 0 Å². The number of nitrogens with zero attached hydrogens (tertiary/aromatic N) is 1. The van der Waals surface area contributed by atoms with E-state index in [1.54, 1.807) is 0 Å². The summed E-state index contributed by atoms with van der Waals surface area (Å²) in [5, 5.41) is 10.2. The maximum atomic E-state index is 12.6. The van der Waals surface area contributed by atoms with Gasteiger partial charge in [-0.3, -0.25) is 14.9 Å². The third-order valence-electron chi connectivity index (χ3n) is 2.85. The van der Waals surface area contributed by atoms with Crippen LogP contribution in [0.4, 0.5) is 13.2 Å². The molecule has 0 spiro atoms. The summed E-state index contributed by atoms with van der Waals surface area (Å²) in [6, 6.07) is 0. The van der Waals surface area contributed by atoms with Gasteiger partial charge in [-0.1, -0.05) is 6.42 Å².